The lowest BCUT2D eigenvalue weighted by atomic mass is 10.1. The van der Waals surface area contributed by atoms with Gasteiger partial charge in [0.2, 0.25) is 0 Å². The van der Waals surface area contributed by atoms with Crippen LogP contribution in [-0.4, -0.2) is 30.5 Å². The van der Waals surface area contributed by atoms with E-state index < -0.39 is 0 Å². The molecule has 4 rings (SSSR count). The highest BCUT2D eigenvalue weighted by Crippen LogP contribution is 2.38. The molecule has 6 heteroatoms. The van der Waals surface area contributed by atoms with Crippen LogP contribution in [0.3, 0.4) is 0 Å². The van der Waals surface area contributed by atoms with Gasteiger partial charge in [-0.15, -0.1) is 0 Å². The summed E-state index contributed by atoms with van der Waals surface area (Å²) in [6.45, 7) is 0.915. The maximum Gasteiger partial charge on any atom is 0.161 e. The molecular formula is C19H18BrN3O2. The summed E-state index contributed by atoms with van der Waals surface area (Å²) in [5, 5.41) is 8.35. The Morgan fingerprint density at radius 3 is 2.64 bits per heavy atom. The Morgan fingerprint density at radius 1 is 1.08 bits per heavy atom. The number of methoxy groups -OCH3 is 2. The van der Waals surface area contributed by atoms with E-state index in [1.807, 2.05) is 41.1 Å². The average Bonchev–Trinajstić information content (AvgIpc) is 3.24. The van der Waals surface area contributed by atoms with E-state index in [2.05, 4.69) is 27.3 Å². The second kappa shape index (κ2) is 6.44. The topological polar surface area (TPSA) is 48.3 Å². The van der Waals surface area contributed by atoms with Crippen molar-refractivity contribution in [2.75, 3.05) is 26.1 Å². The van der Waals surface area contributed by atoms with Crippen molar-refractivity contribution in [3.05, 3.63) is 52.5 Å². The lowest BCUT2D eigenvalue weighted by Crippen LogP contribution is -2.04. The molecule has 0 amide bonds. The molecule has 0 saturated heterocycles. The molecule has 1 N–H and O–H groups in total. The first-order valence-electron chi connectivity index (χ1n) is 8.06. The summed E-state index contributed by atoms with van der Waals surface area (Å²) in [6.07, 6.45) is 0.948. The van der Waals surface area contributed by atoms with Crippen molar-refractivity contribution < 1.29 is 9.47 Å². The number of hydrogen-bond acceptors (Lipinski definition) is 4. The van der Waals surface area contributed by atoms with Gasteiger partial charge in [0.1, 0.15) is 5.82 Å². The van der Waals surface area contributed by atoms with Crippen molar-refractivity contribution in [1.29, 1.82) is 0 Å². The van der Waals surface area contributed by atoms with Crippen molar-refractivity contribution >= 4 is 21.7 Å². The van der Waals surface area contributed by atoms with E-state index >= 15 is 0 Å². The lowest BCUT2D eigenvalue weighted by molar-refractivity contribution is 0.355. The molecule has 2 aromatic carbocycles. The first kappa shape index (κ1) is 16.0. The molecule has 25 heavy (non-hydrogen) atoms. The van der Waals surface area contributed by atoms with Gasteiger partial charge in [0.05, 0.1) is 25.6 Å². The van der Waals surface area contributed by atoms with Crippen LogP contribution < -0.4 is 14.8 Å². The van der Waals surface area contributed by atoms with Crippen LogP contribution in [0.15, 0.2) is 46.9 Å². The second-order valence-corrected chi connectivity index (χ2v) is 6.64. The number of rotatable bonds is 4. The number of hydrogen-bond donors (Lipinski definition) is 1. The van der Waals surface area contributed by atoms with Crippen LogP contribution in [0.1, 0.15) is 5.56 Å². The summed E-state index contributed by atoms with van der Waals surface area (Å²) in [6, 6.07) is 14.0. The largest absolute Gasteiger partial charge is 0.493 e. The number of aromatic nitrogens is 2. The summed E-state index contributed by atoms with van der Waals surface area (Å²) in [5.41, 5.74) is 4.22. The zero-order chi connectivity index (χ0) is 17.4. The van der Waals surface area contributed by atoms with E-state index in [0.29, 0.717) is 11.5 Å². The maximum absolute atomic E-state index is 5.45. The molecule has 0 bridgehead atoms. The van der Waals surface area contributed by atoms with Crippen LogP contribution in [0, 0.1) is 0 Å². The zero-order valence-electron chi connectivity index (χ0n) is 14.0. The number of para-hydroxylation sites is 1. The van der Waals surface area contributed by atoms with E-state index in [1.54, 1.807) is 14.2 Å². The van der Waals surface area contributed by atoms with Crippen molar-refractivity contribution in [1.82, 2.24) is 9.78 Å². The van der Waals surface area contributed by atoms with Crippen molar-refractivity contribution in [2.45, 2.75) is 6.42 Å². The van der Waals surface area contributed by atoms with Gasteiger partial charge in [-0.05, 0) is 52.7 Å². The lowest BCUT2D eigenvalue weighted by Gasteiger charge is -2.09. The van der Waals surface area contributed by atoms with Gasteiger partial charge in [-0.25, -0.2) is 4.68 Å². The number of anilines is 1. The molecule has 1 aliphatic rings. The van der Waals surface area contributed by atoms with Gasteiger partial charge in [-0.1, -0.05) is 12.1 Å². The summed E-state index contributed by atoms with van der Waals surface area (Å²) < 4.78 is 13.8. The van der Waals surface area contributed by atoms with Crippen LogP contribution in [0.25, 0.3) is 16.9 Å². The van der Waals surface area contributed by atoms with Gasteiger partial charge in [0.15, 0.2) is 11.5 Å². The van der Waals surface area contributed by atoms with Crippen LogP contribution in [0.4, 0.5) is 5.82 Å². The highest BCUT2D eigenvalue weighted by molar-refractivity contribution is 9.10. The fourth-order valence-corrected chi connectivity index (χ4v) is 3.64. The number of halogens is 1. The summed E-state index contributed by atoms with van der Waals surface area (Å²) in [5.74, 6) is 2.47. The molecule has 0 radical (unpaired) electrons. The van der Waals surface area contributed by atoms with E-state index in [0.717, 1.165) is 40.2 Å². The third-order valence-corrected chi connectivity index (χ3v) is 5.06. The Balaban J connectivity index is 1.88. The van der Waals surface area contributed by atoms with Crippen LogP contribution in [-0.2, 0) is 6.42 Å². The van der Waals surface area contributed by atoms with E-state index in [1.165, 1.54) is 5.56 Å². The third kappa shape index (κ3) is 2.66. The zero-order valence-corrected chi connectivity index (χ0v) is 15.6. The minimum Gasteiger partial charge on any atom is -0.493 e. The molecule has 128 valence electrons. The number of nitrogens with zero attached hydrogens (tertiary/aromatic N) is 2. The van der Waals surface area contributed by atoms with Gasteiger partial charge in [0.25, 0.3) is 0 Å². The summed E-state index contributed by atoms with van der Waals surface area (Å²) in [4.78, 5) is 0. The molecular weight excluding hydrogens is 382 g/mol. The number of ether oxygens (including phenoxy) is 2. The molecule has 1 aliphatic heterocycles. The van der Waals surface area contributed by atoms with Crippen LogP contribution >= 0.6 is 15.9 Å². The maximum atomic E-state index is 5.45. The van der Waals surface area contributed by atoms with E-state index in [9.17, 15) is 0 Å². The molecule has 3 aromatic rings. The molecule has 2 heterocycles. The van der Waals surface area contributed by atoms with E-state index in [4.69, 9.17) is 14.6 Å². The molecule has 0 saturated carbocycles. The number of nitrogens with one attached hydrogen (secondary N) is 1. The van der Waals surface area contributed by atoms with Crippen molar-refractivity contribution in [3.8, 4) is 28.4 Å². The second-order valence-electron chi connectivity index (χ2n) is 5.79. The smallest absolute Gasteiger partial charge is 0.161 e. The monoisotopic (exact) mass is 399 g/mol. The normalized spacial score (nSPS) is 12.6. The Bertz CT molecular complexity index is 936. The molecule has 5 nitrogen and oxygen atoms in total. The molecule has 1 aromatic heterocycles. The van der Waals surface area contributed by atoms with Gasteiger partial charge < -0.3 is 14.8 Å². The Morgan fingerprint density at radius 2 is 1.88 bits per heavy atom. The quantitative estimate of drug-likeness (QED) is 0.710. The SMILES string of the molecule is COc1ccc(-c2nn(-c3ccccc3Br)c3c2CCN3)cc1OC. The van der Waals surface area contributed by atoms with E-state index in [-0.39, 0.29) is 0 Å². The van der Waals surface area contributed by atoms with Gasteiger partial charge in [-0.3, -0.25) is 0 Å². The number of fused-ring (bicyclic) bond motifs is 1. The van der Waals surface area contributed by atoms with Gasteiger partial charge in [0, 0.05) is 22.1 Å². The van der Waals surface area contributed by atoms with Crippen LogP contribution in [0.5, 0.6) is 11.5 Å². The third-order valence-electron chi connectivity index (χ3n) is 4.39. The fraction of sp³-hybridized carbons (Fsp3) is 0.211. The Kier molecular flexibility index (Phi) is 4.13. The Hall–Kier alpha value is -2.47. The van der Waals surface area contributed by atoms with Gasteiger partial charge in [-0.2, -0.15) is 5.10 Å². The Labute approximate surface area is 154 Å². The summed E-state index contributed by atoms with van der Waals surface area (Å²) in [7, 11) is 3.29. The molecule has 0 aliphatic carbocycles. The highest BCUT2D eigenvalue weighted by Gasteiger charge is 2.25. The fourth-order valence-electron chi connectivity index (χ4n) is 3.19. The molecule has 0 fully saturated rings. The number of benzene rings is 2. The minimum absolute atomic E-state index is 0.704. The van der Waals surface area contributed by atoms with Crippen molar-refractivity contribution in [3.63, 3.8) is 0 Å². The first-order valence-corrected chi connectivity index (χ1v) is 8.85. The highest BCUT2D eigenvalue weighted by atomic mass is 79.9. The molecule has 0 unspecified atom stereocenters. The average molecular weight is 400 g/mol. The standard InChI is InChI=1S/C19H18BrN3O2/c1-24-16-8-7-12(11-17(16)25-2)18-13-9-10-21-19(13)23(22-18)15-6-4-3-5-14(15)20/h3-8,11,21H,9-10H2,1-2H3. The predicted octanol–water partition coefficient (Wildman–Crippen LogP) is 4.29. The minimum atomic E-state index is 0.704. The van der Waals surface area contributed by atoms with Gasteiger partial charge >= 0.3 is 0 Å². The summed E-state index contributed by atoms with van der Waals surface area (Å²) >= 11 is 3.62. The predicted molar refractivity (Wildman–Crippen MR) is 102 cm³/mol. The molecule has 0 atom stereocenters. The molecule has 0 spiro atoms. The first-order chi connectivity index (χ1) is 12.2. The van der Waals surface area contributed by atoms with Crippen molar-refractivity contribution in [2.24, 2.45) is 0 Å². The van der Waals surface area contributed by atoms with Crippen LogP contribution in [0.2, 0.25) is 0 Å².